The summed E-state index contributed by atoms with van der Waals surface area (Å²) in [4.78, 5) is 11.5. The summed E-state index contributed by atoms with van der Waals surface area (Å²) < 4.78 is 5.44. The molecular weight excluding hydrogens is 206 g/mol. The van der Waals surface area contributed by atoms with E-state index in [2.05, 4.69) is 16.0 Å². The third kappa shape index (κ3) is 3.64. The lowest BCUT2D eigenvalue weighted by atomic mass is 10.1. The van der Waals surface area contributed by atoms with E-state index in [1.165, 1.54) is 0 Å². The van der Waals surface area contributed by atoms with Crippen molar-refractivity contribution < 1.29 is 9.53 Å². The molecule has 92 valence electrons. The van der Waals surface area contributed by atoms with E-state index in [0.29, 0.717) is 5.92 Å². The summed E-state index contributed by atoms with van der Waals surface area (Å²) in [5.41, 5.74) is 0. The molecule has 0 aromatic rings. The molecule has 2 aliphatic rings. The van der Waals surface area contributed by atoms with Crippen LogP contribution in [0.1, 0.15) is 25.7 Å². The van der Waals surface area contributed by atoms with Crippen molar-refractivity contribution in [2.75, 3.05) is 26.2 Å². The Hall–Kier alpha value is -0.810. The van der Waals surface area contributed by atoms with Crippen LogP contribution in [0, 0.1) is 5.92 Å². The Balaban J connectivity index is 1.59. The third-order valence-electron chi connectivity index (χ3n) is 3.19. The van der Waals surface area contributed by atoms with Crippen molar-refractivity contribution in [3.8, 4) is 0 Å². The normalized spacial score (nSPS) is 30.0. The molecule has 5 heteroatoms. The fourth-order valence-corrected chi connectivity index (χ4v) is 2.18. The van der Waals surface area contributed by atoms with Crippen molar-refractivity contribution in [3.63, 3.8) is 0 Å². The molecule has 2 unspecified atom stereocenters. The number of nitrogens with one attached hydrogen (secondary N) is 3. The van der Waals surface area contributed by atoms with Gasteiger partial charge in [0.15, 0.2) is 0 Å². The van der Waals surface area contributed by atoms with E-state index >= 15 is 0 Å². The SMILES string of the molecule is O=C(NCC1CCNC1)NC1CCCCO1. The second-order valence-electron chi connectivity index (χ2n) is 4.57. The molecule has 3 N–H and O–H groups in total. The molecule has 2 heterocycles. The number of urea groups is 1. The molecular formula is C11H21N3O2. The predicted octanol–water partition coefficient (Wildman–Crippen LogP) is 0.422. The van der Waals surface area contributed by atoms with Crippen LogP contribution in [0.25, 0.3) is 0 Å². The van der Waals surface area contributed by atoms with Crippen LogP contribution in [0.3, 0.4) is 0 Å². The molecule has 2 saturated heterocycles. The summed E-state index contributed by atoms with van der Waals surface area (Å²) in [5, 5.41) is 9.03. The predicted molar refractivity (Wildman–Crippen MR) is 61.1 cm³/mol. The zero-order valence-electron chi connectivity index (χ0n) is 9.63. The number of ether oxygens (including phenoxy) is 1. The summed E-state index contributed by atoms with van der Waals surface area (Å²) >= 11 is 0. The van der Waals surface area contributed by atoms with Crippen LogP contribution in [0.15, 0.2) is 0 Å². The highest BCUT2D eigenvalue weighted by atomic mass is 16.5. The summed E-state index contributed by atoms with van der Waals surface area (Å²) in [7, 11) is 0. The molecule has 2 atom stereocenters. The molecule has 0 radical (unpaired) electrons. The fraction of sp³-hybridized carbons (Fsp3) is 0.909. The minimum atomic E-state index is -0.0983. The number of hydrogen-bond donors (Lipinski definition) is 3. The maximum absolute atomic E-state index is 11.5. The Labute approximate surface area is 96.3 Å². The Morgan fingerprint density at radius 3 is 3.00 bits per heavy atom. The fourth-order valence-electron chi connectivity index (χ4n) is 2.18. The highest BCUT2D eigenvalue weighted by Crippen LogP contribution is 2.10. The Kier molecular flexibility index (Phi) is 4.42. The summed E-state index contributed by atoms with van der Waals surface area (Å²) in [6.45, 7) is 3.60. The smallest absolute Gasteiger partial charge is 0.316 e. The first-order chi connectivity index (χ1) is 7.84. The molecule has 2 amide bonds. The standard InChI is InChI=1S/C11H21N3O2/c15-11(13-8-9-4-5-12-7-9)14-10-3-1-2-6-16-10/h9-10,12H,1-8H2,(H2,13,14,15). The highest BCUT2D eigenvalue weighted by Gasteiger charge is 2.18. The Morgan fingerprint density at radius 1 is 1.38 bits per heavy atom. The average Bonchev–Trinajstić information content (AvgIpc) is 2.81. The molecule has 16 heavy (non-hydrogen) atoms. The van der Waals surface area contributed by atoms with Gasteiger partial charge in [0.05, 0.1) is 0 Å². The second kappa shape index (κ2) is 6.06. The van der Waals surface area contributed by atoms with Gasteiger partial charge in [0.25, 0.3) is 0 Å². The van der Waals surface area contributed by atoms with Crippen molar-refractivity contribution in [2.45, 2.75) is 31.9 Å². The quantitative estimate of drug-likeness (QED) is 0.655. The van der Waals surface area contributed by atoms with Crippen LogP contribution in [-0.2, 0) is 4.74 Å². The largest absolute Gasteiger partial charge is 0.358 e. The molecule has 2 rings (SSSR count). The van der Waals surface area contributed by atoms with Gasteiger partial charge in [-0.25, -0.2) is 4.79 Å². The van der Waals surface area contributed by atoms with Gasteiger partial charge in [0, 0.05) is 13.2 Å². The molecule has 5 nitrogen and oxygen atoms in total. The van der Waals surface area contributed by atoms with Gasteiger partial charge in [-0.05, 0) is 44.7 Å². The van der Waals surface area contributed by atoms with E-state index < -0.39 is 0 Å². The van der Waals surface area contributed by atoms with Gasteiger partial charge in [-0.3, -0.25) is 0 Å². The number of carbonyl (C=O) groups excluding carboxylic acids is 1. The first kappa shape index (κ1) is 11.7. The maximum atomic E-state index is 11.5. The zero-order chi connectivity index (χ0) is 11.2. The summed E-state index contributed by atoms with van der Waals surface area (Å²) in [5.74, 6) is 0.582. The second-order valence-corrected chi connectivity index (χ2v) is 4.57. The number of carbonyl (C=O) groups is 1. The van der Waals surface area contributed by atoms with E-state index in [9.17, 15) is 4.79 Å². The first-order valence-electron chi connectivity index (χ1n) is 6.21. The summed E-state index contributed by atoms with van der Waals surface area (Å²) in [6, 6.07) is -0.0983. The van der Waals surface area contributed by atoms with Crippen LogP contribution < -0.4 is 16.0 Å². The third-order valence-corrected chi connectivity index (χ3v) is 3.19. The Bertz CT molecular complexity index is 223. The van der Waals surface area contributed by atoms with Crippen molar-refractivity contribution in [1.29, 1.82) is 0 Å². The molecule has 0 aromatic carbocycles. The van der Waals surface area contributed by atoms with Gasteiger partial charge < -0.3 is 20.7 Å². The van der Waals surface area contributed by atoms with Crippen LogP contribution in [0.5, 0.6) is 0 Å². The number of hydrogen-bond acceptors (Lipinski definition) is 3. The maximum Gasteiger partial charge on any atom is 0.316 e. The molecule has 0 spiro atoms. The summed E-state index contributed by atoms with van der Waals surface area (Å²) in [6.07, 6.45) is 4.24. The highest BCUT2D eigenvalue weighted by molar-refractivity contribution is 5.74. The Morgan fingerprint density at radius 2 is 2.31 bits per heavy atom. The van der Waals surface area contributed by atoms with Crippen LogP contribution in [0.4, 0.5) is 4.79 Å². The van der Waals surface area contributed by atoms with Crippen molar-refractivity contribution in [3.05, 3.63) is 0 Å². The van der Waals surface area contributed by atoms with E-state index in [1.807, 2.05) is 0 Å². The lowest BCUT2D eigenvalue weighted by molar-refractivity contribution is 0.00230. The van der Waals surface area contributed by atoms with Crippen LogP contribution in [-0.4, -0.2) is 38.5 Å². The van der Waals surface area contributed by atoms with Crippen LogP contribution >= 0.6 is 0 Å². The lowest BCUT2D eigenvalue weighted by Gasteiger charge is -2.23. The van der Waals surface area contributed by atoms with E-state index in [1.54, 1.807) is 0 Å². The van der Waals surface area contributed by atoms with Gasteiger partial charge in [-0.15, -0.1) is 0 Å². The van der Waals surface area contributed by atoms with E-state index in [4.69, 9.17) is 4.74 Å². The monoisotopic (exact) mass is 227 g/mol. The minimum Gasteiger partial charge on any atom is -0.358 e. The van der Waals surface area contributed by atoms with Gasteiger partial charge >= 0.3 is 6.03 Å². The number of amides is 2. The van der Waals surface area contributed by atoms with Crippen molar-refractivity contribution >= 4 is 6.03 Å². The van der Waals surface area contributed by atoms with Crippen molar-refractivity contribution in [1.82, 2.24) is 16.0 Å². The average molecular weight is 227 g/mol. The molecule has 2 fully saturated rings. The molecule has 0 aliphatic carbocycles. The van der Waals surface area contributed by atoms with E-state index in [-0.39, 0.29) is 12.3 Å². The minimum absolute atomic E-state index is 0.0875. The van der Waals surface area contributed by atoms with Gasteiger partial charge in [-0.1, -0.05) is 0 Å². The lowest BCUT2D eigenvalue weighted by Crippen LogP contribution is -2.46. The zero-order valence-corrected chi connectivity index (χ0v) is 9.63. The van der Waals surface area contributed by atoms with Gasteiger partial charge in [-0.2, -0.15) is 0 Å². The molecule has 2 aliphatic heterocycles. The van der Waals surface area contributed by atoms with Gasteiger partial charge in [0.2, 0.25) is 0 Å². The van der Waals surface area contributed by atoms with Gasteiger partial charge in [0.1, 0.15) is 6.23 Å². The molecule has 0 aromatic heterocycles. The van der Waals surface area contributed by atoms with Crippen LogP contribution in [0.2, 0.25) is 0 Å². The molecule has 0 bridgehead atoms. The van der Waals surface area contributed by atoms with Crippen molar-refractivity contribution in [2.24, 2.45) is 5.92 Å². The topological polar surface area (TPSA) is 62.4 Å². The first-order valence-corrected chi connectivity index (χ1v) is 6.21. The van der Waals surface area contributed by atoms with E-state index in [0.717, 1.165) is 51.9 Å². The molecule has 0 saturated carbocycles. The number of rotatable bonds is 3.